The van der Waals surface area contributed by atoms with Gasteiger partial charge in [0.25, 0.3) is 0 Å². The van der Waals surface area contributed by atoms with Crippen molar-refractivity contribution in [3.8, 4) is 0 Å². The first-order chi connectivity index (χ1) is 8.29. The molecule has 3 heteroatoms. The Morgan fingerprint density at radius 2 is 1.82 bits per heavy atom. The summed E-state index contributed by atoms with van der Waals surface area (Å²) in [5.41, 5.74) is 1.15. The zero-order valence-corrected chi connectivity index (χ0v) is 11.4. The quantitative estimate of drug-likeness (QED) is 0.852. The van der Waals surface area contributed by atoms with Crippen LogP contribution in [0.1, 0.15) is 22.2 Å². The van der Waals surface area contributed by atoms with Gasteiger partial charge in [-0.15, -0.1) is 11.3 Å². The molecule has 1 N–H and O–H groups in total. The van der Waals surface area contributed by atoms with Gasteiger partial charge < -0.3 is 5.32 Å². The van der Waals surface area contributed by atoms with E-state index >= 15 is 0 Å². The summed E-state index contributed by atoms with van der Waals surface area (Å²) in [5, 5.41) is 4.26. The molecule has 0 saturated heterocycles. The SMILES string of the molecule is CCc1ccc(CNCc2ccccc2Cl)s1. The highest BCUT2D eigenvalue weighted by Crippen LogP contribution is 2.18. The molecule has 0 bridgehead atoms. The van der Waals surface area contributed by atoms with Crippen molar-refractivity contribution in [2.24, 2.45) is 0 Å². The third-order valence-corrected chi connectivity index (χ3v) is 4.24. The second kappa shape index (κ2) is 6.20. The van der Waals surface area contributed by atoms with Crippen molar-refractivity contribution < 1.29 is 0 Å². The molecule has 1 aromatic heterocycles. The van der Waals surface area contributed by atoms with E-state index in [0.717, 1.165) is 30.1 Å². The van der Waals surface area contributed by atoms with E-state index in [-0.39, 0.29) is 0 Å². The van der Waals surface area contributed by atoms with E-state index in [1.54, 1.807) is 0 Å². The average Bonchev–Trinajstić information content (AvgIpc) is 2.80. The third-order valence-electron chi connectivity index (χ3n) is 2.64. The molecule has 17 heavy (non-hydrogen) atoms. The molecule has 0 saturated carbocycles. The van der Waals surface area contributed by atoms with Crippen LogP contribution in [-0.4, -0.2) is 0 Å². The van der Waals surface area contributed by atoms with Crippen molar-refractivity contribution in [2.45, 2.75) is 26.4 Å². The number of hydrogen-bond acceptors (Lipinski definition) is 2. The summed E-state index contributed by atoms with van der Waals surface area (Å²) >= 11 is 7.97. The predicted octanol–water partition coefficient (Wildman–Crippen LogP) is 4.25. The summed E-state index contributed by atoms with van der Waals surface area (Å²) < 4.78 is 0. The second-order valence-corrected chi connectivity index (χ2v) is 5.58. The Morgan fingerprint density at radius 1 is 1.06 bits per heavy atom. The fraction of sp³-hybridized carbons (Fsp3) is 0.286. The monoisotopic (exact) mass is 265 g/mol. The molecule has 2 rings (SSSR count). The van der Waals surface area contributed by atoms with Gasteiger partial charge in [0.15, 0.2) is 0 Å². The third kappa shape index (κ3) is 3.56. The van der Waals surface area contributed by atoms with Crippen molar-refractivity contribution in [3.05, 3.63) is 56.7 Å². The van der Waals surface area contributed by atoms with Crippen LogP contribution in [0.2, 0.25) is 5.02 Å². The van der Waals surface area contributed by atoms with E-state index in [4.69, 9.17) is 11.6 Å². The number of rotatable bonds is 5. The Kier molecular flexibility index (Phi) is 4.60. The standard InChI is InChI=1S/C14H16ClNS/c1-2-12-7-8-13(17-12)10-16-9-11-5-3-4-6-14(11)15/h3-8,16H,2,9-10H2,1H3. The van der Waals surface area contributed by atoms with Gasteiger partial charge in [0.1, 0.15) is 0 Å². The minimum Gasteiger partial charge on any atom is -0.308 e. The molecular formula is C14H16ClNS. The maximum atomic E-state index is 6.10. The molecule has 0 spiro atoms. The molecule has 0 aliphatic rings. The van der Waals surface area contributed by atoms with E-state index in [2.05, 4.69) is 30.4 Å². The lowest BCUT2D eigenvalue weighted by molar-refractivity contribution is 0.701. The number of aryl methyl sites for hydroxylation is 1. The molecule has 0 fully saturated rings. The zero-order valence-electron chi connectivity index (χ0n) is 9.87. The van der Waals surface area contributed by atoms with Gasteiger partial charge in [0.2, 0.25) is 0 Å². The molecular weight excluding hydrogens is 250 g/mol. The molecule has 0 unspecified atom stereocenters. The maximum Gasteiger partial charge on any atom is 0.0450 e. The molecule has 1 nitrogen and oxygen atoms in total. The summed E-state index contributed by atoms with van der Waals surface area (Å²) in [7, 11) is 0. The van der Waals surface area contributed by atoms with Crippen LogP contribution < -0.4 is 5.32 Å². The van der Waals surface area contributed by atoms with Gasteiger partial charge in [0.05, 0.1) is 0 Å². The fourth-order valence-corrected chi connectivity index (χ4v) is 2.80. The van der Waals surface area contributed by atoms with E-state index in [9.17, 15) is 0 Å². The van der Waals surface area contributed by atoms with Crippen molar-refractivity contribution >= 4 is 22.9 Å². The first-order valence-corrected chi connectivity index (χ1v) is 7.00. The summed E-state index contributed by atoms with van der Waals surface area (Å²) in [6, 6.07) is 12.4. The van der Waals surface area contributed by atoms with E-state index in [1.165, 1.54) is 9.75 Å². The molecule has 0 amide bonds. The van der Waals surface area contributed by atoms with Gasteiger partial charge in [0, 0.05) is 27.9 Å². The molecule has 90 valence electrons. The minimum atomic E-state index is 0.818. The number of halogens is 1. The van der Waals surface area contributed by atoms with Crippen LogP contribution in [0.25, 0.3) is 0 Å². The van der Waals surface area contributed by atoms with Crippen molar-refractivity contribution in [2.75, 3.05) is 0 Å². The van der Waals surface area contributed by atoms with Gasteiger partial charge in [-0.05, 0) is 30.2 Å². The largest absolute Gasteiger partial charge is 0.308 e. The van der Waals surface area contributed by atoms with Crippen LogP contribution in [0.4, 0.5) is 0 Å². The lowest BCUT2D eigenvalue weighted by atomic mass is 10.2. The molecule has 0 atom stereocenters. The van der Waals surface area contributed by atoms with Gasteiger partial charge in [-0.3, -0.25) is 0 Å². The van der Waals surface area contributed by atoms with Crippen LogP contribution in [0.15, 0.2) is 36.4 Å². The second-order valence-electron chi connectivity index (χ2n) is 3.92. The van der Waals surface area contributed by atoms with Gasteiger partial charge in [-0.1, -0.05) is 36.7 Å². The number of thiophene rings is 1. The number of nitrogens with one attached hydrogen (secondary N) is 1. The van der Waals surface area contributed by atoms with Crippen LogP contribution in [0.5, 0.6) is 0 Å². The Hall–Kier alpha value is -0.830. The van der Waals surface area contributed by atoms with E-state index < -0.39 is 0 Å². The van der Waals surface area contributed by atoms with Crippen molar-refractivity contribution in [1.29, 1.82) is 0 Å². The highest BCUT2D eigenvalue weighted by molar-refractivity contribution is 7.11. The molecule has 0 aliphatic heterocycles. The summed E-state index contributed by atoms with van der Waals surface area (Å²) in [6.07, 6.45) is 1.12. The van der Waals surface area contributed by atoms with E-state index in [1.807, 2.05) is 29.5 Å². The first-order valence-electron chi connectivity index (χ1n) is 5.81. The van der Waals surface area contributed by atoms with Gasteiger partial charge in [-0.2, -0.15) is 0 Å². The van der Waals surface area contributed by atoms with Crippen LogP contribution in [0, 0.1) is 0 Å². The Balaban J connectivity index is 1.85. The topological polar surface area (TPSA) is 12.0 Å². The molecule has 1 heterocycles. The normalized spacial score (nSPS) is 10.7. The highest BCUT2D eigenvalue weighted by Gasteiger charge is 2.00. The Labute approximate surface area is 111 Å². The predicted molar refractivity (Wildman–Crippen MR) is 75.7 cm³/mol. The zero-order chi connectivity index (χ0) is 12.1. The van der Waals surface area contributed by atoms with Gasteiger partial charge in [-0.25, -0.2) is 0 Å². The summed E-state index contributed by atoms with van der Waals surface area (Å²) in [6.45, 7) is 3.92. The average molecular weight is 266 g/mol. The lowest BCUT2D eigenvalue weighted by Gasteiger charge is -2.05. The van der Waals surface area contributed by atoms with Crippen LogP contribution >= 0.6 is 22.9 Å². The Bertz CT molecular complexity index is 479. The summed E-state index contributed by atoms with van der Waals surface area (Å²) in [4.78, 5) is 2.83. The molecule has 1 aromatic carbocycles. The highest BCUT2D eigenvalue weighted by atomic mass is 35.5. The first kappa shape index (κ1) is 12.6. The van der Waals surface area contributed by atoms with Crippen LogP contribution in [0.3, 0.4) is 0 Å². The number of benzene rings is 1. The number of hydrogen-bond donors (Lipinski definition) is 1. The maximum absolute atomic E-state index is 6.10. The van der Waals surface area contributed by atoms with Gasteiger partial charge >= 0.3 is 0 Å². The minimum absolute atomic E-state index is 0.818. The molecule has 0 radical (unpaired) electrons. The Morgan fingerprint density at radius 3 is 2.53 bits per heavy atom. The van der Waals surface area contributed by atoms with Crippen molar-refractivity contribution in [3.63, 3.8) is 0 Å². The van der Waals surface area contributed by atoms with E-state index in [0.29, 0.717) is 0 Å². The fourth-order valence-electron chi connectivity index (χ4n) is 1.67. The van der Waals surface area contributed by atoms with Crippen LogP contribution in [-0.2, 0) is 19.5 Å². The van der Waals surface area contributed by atoms with Crippen molar-refractivity contribution in [1.82, 2.24) is 5.32 Å². The molecule has 2 aromatic rings. The molecule has 0 aliphatic carbocycles. The smallest absolute Gasteiger partial charge is 0.0450 e. The lowest BCUT2D eigenvalue weighted by Crippen LogP contribution is -2.11. The summed E-state index contributed by atoms with van der Waals surface area (Å²) in [5.74, 6) is 0.